The zero-order valence-electron chi connectivity index (χ0n) is 15.1. The van der Waals surface area contributed by atoms with Crippen molar-refractivity contribution in [1.29, 1.82) is 0 Å². The zero-order valence-corrected chi connectivity index (χ0v) is 15.9. The zero-order chi connectivity index (χ0) is 21.0. The molecule has 0 radical (unpaired) electrons. The molecule has 0 amide bonds. The summed E-state index contributed by atoms with van der Waals surface area (Å²) in [5.74, 6) is -3.05. The number of carboxylic acids is 1. The molecule has 0 aliphatic heterocycles. The van der Waals surface area contributed by atoms with E-state index < -0.39 is 32.5 Å². The van der Waals surface area contributed by atoms with Gasteiger partial charge in [0.2, 0.25) is 0 Å². The van der Waals surface area contributed by atoms with Gasteiger partial charge < -0.3 is 5.11 Å². The van der Waals surface area contributed by atoms with Gasteiger partial charge in [-0.2, -0.15) is 0 Å². The van der Waals surface area contributed by atoms with E-state index in [1.54, 1.807) is 36.4 Å². The van der Waals surface area contributed by atoms with Crippen LogP contribution in [-0.2, 0) is 22.9 Å². The number of nitrogens with one attached hydrogen (secondary N) is 1. The largest absolute Gasteiger partial charge is 0.478 e. The number of aryl methyl sites for hydroxylation is 2. The average molecular weight is 417 g/mol. The predicted molar refractivity (Wildman–Crippen MR) is 104 cm³/mol. The molecule has 150 valence electrons. The lowest BCUT2D eigenvalue weighted by Gasteiger charge is -2.13. The highest BCUT2D eigenvalue weighted by Gasteiger charge is 2.20. The summed E-state index contributed by atoms with van der Waals surface area (Å²) >= 11 is 0. The molecule has 0 aliphatic carbocycles. The number of carboxylic acid groups (broad SMARTS) is 1. The molecule has 0 bridgehead atoms. The van der Waals surface area contributed by atoms with Crippen molar-refractivity contribution in [2.45, 2.75) is 17.7 Å². The Morgan fingerprint density at radius 3 is 2.28 bits per heavy atom. The lowest BCUT2D eigenvalue weighted by Crippen LogP contribution is -2.16. The summed E-state index contributed by atoms with van der Waals surface area (Å²) in [7, 11) is -4.24. The highest BCUT2D eigenvalue weighted by Crippen LogP contribution is 2.23. The summed E-state index contributed by atoms with van der Waals surface area (Å²) in [4.78, 5) is 10.3. The van der Waals surface area contributed by atoms with Crippen molar-refractivity contribution >= 4 is 21.7 Å². The van der Waals surface area contributed by atoms with Gasteiger partial charge in [-0.1, -0.05) is 30.3 Å². The van der Waals surface area contributed by atoms with Crippen LogP contribution in [0.5, 0.6) is 0 Å². The number of para-hydroxylation sites is 1. The summed E-state index contributed by atoms with van der Waals surface area (Å²) in [5, 5.41) is 8.94. The first kappa shape index (κ1) is 20.5. The molecule has 2 N–H and O–H groups in total. The highest BCUT2D eigenvalue weighted by molar-refractivity contribution is 7.92. The first-order chi connectivity index (χ1) is 13.8. The molecule has 3 aromatic carbocycles. The molecule has 3 rings (SSSR count). The summed E-state index contributed by atoms with van der Waals surface area (Å²) < 4.78 is 54.4. The van der Waals surface area contributed by atoms with Gasteiger partial charge in [-0.25, -0.2) is 22.0 Å². The van der Waals surface area contributed by atoms with E-state index in [1.165, 1.54) is 12.1 Å². The molecule has 5 nitrogen and oxygen atoms in total. The van der Waals surface area contributed by atoms with E-state index in [2.05, 4.69) is 4.72 Å². The van der Waals surface area contributed by atoms with Gasteiger partial charge >= 0.3 is 5.97 Å². The Kier molecular flexibility index (Phi) is 5.93. The number of hydrogen-bond acceptors (Lipinski definition) is 3. The minimum atomic E-state index is -4.24. The van der Waals surface area contributed by atoms with Crippen LogP contribution in [0.3, 0.4) is 0 Å². The lowest BCUT2D eigenvalue weighted by molar-refractivity contribution is 0.0697. The second kappa shape index (κ2) is 8.40. The van der Waals surface area contributed by atoms with Crippen molar-refractivity contribution in [2.24, 2.45) is 0 Å². The van der Waals surface area contributed by atoms with Gasteiger partial charge in [-0.3, -0.25) is 4.72 Å². The van der Waals surface area contributed by atoms with Gasteiger partial charge in [-0.05, 0) is 54.3 Å². The smallest absolute Gasteiger partial charge is 0.335 e. The van der Waals surface area contributed by atoms with E-state index in [9.17, 15) is 22.0 Å². The number of benzene rings is 3. The van der Waals surface area contributed by atoms with Gasteiger partial charge in [0.1, 0.15) is 16.5 Å². The van der Waals surface area contributed by atoms with Crippen LogP contribution in [0.25, 0.3) is 0 Å². The van der Waals surface area contributed by atoms with E-state index in [-0.39, 0.29) is 5.56 Å². The third-order valence-electron chi connectivity index (χ3n) is 4.33. The average Bonchev–Trinajstić information content (AvgIpc) is 2.67. The molecular weight excluding hydrogens is 400 g/mol. The van der Waals surface area contributed by atoms with Gasteiger partial charge in [0.15, 0.2) is 0 Å². The van der Waals surface area contributed by atoms with Crippen LogP contribution < -0.4 is 4.72 Å². The summed E-state index contributed by atoms with van der Waals surface area (Å²) in [6.07, 6.45) is 1.01. The van der Waals surface area contributed by atoms with Crippen molar-refractivity contribution < 1.29 is 27.1 Å². The maximum absolute atomic E-state index is 13.9. The Morgan fingerprint density at radius 2 is 1.62 bits per heavy atom. The van der Waals surface area contributed by atoms with Crippen LogP contribution in [0.4, 0.5) is 14.5 Å². The standard InChI is InChI=1S/C21H17F2NO4S/c22-17-11-12-20(18(23)13-17)29(27,28)24-19-4-2-1-3-15(19)8-5-14-6-9-16(10-7-14)21(25)26/h1-4,6-7,9-13,24H,5,8H2,(H,25,26). The maximum atomic E-state index is 13.9. The highest BCUT2D eigenvalue weighted by atomic mass is 32.2. The number of hydrogen-bond donors (Lipinski definition) is 2. The molecule has 0 atom stereocenters. The molecule has 0 heterocycles. The van der Waals surface area contributed by atoms with E-state index >= 15 is 0 Å². The second-order valence-corrected chi connectivity index (χ2v) is 7.99. The van der Waals surface area contributed by atoms with Crippen molar-refractivity contribution in [3.05, 3.63) is 95.1 Å². The number of anilines is 1. The van der Waals surface area contributed by atoms with Gasteiger partial charge in [-0.15, -0.1) is 0 Å². The normalized spacial score (nSPS) is 11.2. The lowest BCUT2D eigenvalue weighted by atomic mass is 10.0. The van der Waals surface area contributed by atoms with E-state index in [0.717, 1.165) is 17.7 Å². The fourth-order valence-electron chi connectivity index (χ4n) is 2.82. The monoisotopic (exact) mass is 417 g/mol. The number of aromatic carboxylic acids is 1. The summed E-state index contributed by atoms with van der Waals surface area (Å²) in [6.45, 7) is 0. The van der Waals surface area contributed by atoms with Crippen LogP contribution in [0.2, 0.25) is 0 Å². The Hall–Kier alpha value is -3.26. The molecule has 3 aromatic rings. The molecular formula is C21H17F2NO4S. The molecule has 8 heteroatoms. The number of sulfonamides is 1. The number of carbonyl (C=O) groups is 1. The van der Waals surface area contributed by atoms with Crippen LogP contribution in [-0.4, -0.2) is 19.5 Å². The van der Waals surface area contributed by atoms with Crippen LogP contribution in [0, 0.1) is 11.6 Å². The van der Waals surface area contributed by atoms with Crippen molar-refractivity contribution in [1.82, 2.24) is 0 Å². The van der Waals surface area contributed by atoms with Crippen molar-refractivity contribution in [3.63, 3.8) is 0 Å². The summed E-state index contributed by atoms with van der Waals surface area (Å²) in [6, 6.07) is 15.4. The van der Waals surface area contributed by atoms with Crippen molar-refractivity contribution in [3.8, 4) is 0 Å². The quantitative estimate of drug-likeness (QED) is 0.602. The first-order valence-electron chi connectivity index (χ1n) is 8.64. The van der Waals surface area contributed by atoms with Crippen LogP contribution in [0.15, 0.2) is 71.6 Å². The summed E-state index contributed by atoms with van der Waals surface area (Å²) in [5.41, 5.74) is 2.04. The Morgan fingerprint density at radius 1 is 0.931 bits per heavy atom. The van der Waals surface area contributed by atoms with E-state index in [1.807, 2.05) is 0 Å². The van der Waals surface area contributed by atoms with Gasteiger partial charge in [0.05, 0.1) is 11.3 Å². The fourth-order valence-corrected chi connectivity index (χ4v) is 3.99. The number of rotatable bonds is 7. The minimum absolute atomic E-state index is 0.184. The topological polar surface area (TPSA) is 83.5 Å². The first-order valence-corrected chi connectivity index (χ1v) is 10.1. The molecule has 0 aliphatic rings. The maximum Gasteiger partial charge on any atom is 0.335 e. The van der Waals surface area contributed by atoms with Gasteiger partial charge in [0, 0.05) is 6.07 Å². The Bertz CT molecular complexity index is 1150. The van der Waals surface area contributed by atoms with E-state index in [0.29, 0.717) is 30.2 Å². The SMILES string of the molecule is O=C(O)c1ccc(CCc2ccccc2NS(=O)(=O)c2ccc(F)cc2F)cc1. The minimum Gasteiger partial charge on any atom is -0.478 e. The molecule has 0 unspecified atom stereocenters. The van der Waals surface area contributed by atoms with Crippen LogP contribution >= 0.6 is 0 Å². The predicted octanol–water partition coefficient (Wildman–Crippen LogP) is 4.25. The number of halogens is 2. The molecule has 0 saturated carbocycles. The molecule has 0 fully saturated rings. The molecule has 0 saturated heterocycles. The molecule has 0 aromatic heterocycles. The second-order valence-electron chi connectivity index (χ2n) is 6.34. The van der Waals surface area contributed by atoms with E-state index in [4.69, 9.17) is 5.11 Å². The Labute approximate surface area is 166 Å². The molecule has 0 spiro atoms. The molecule has 29 heavy (non-hydrogen) atoms. The van der Waals surface area contributed by atoms with Crippen LogP contribution in [0.1, 0.15) is 21.5 Å². The van der Waals surface area contributed by atoms with Crippen molar-refractivity contribution in [2.75, 3.05) is 4.72 Å². The Balaban J connectivity index is 1.79. The third-order valence-corrected chi connectivity index (χ3v) is 5.73. The van der Waals surface area contributed by atoms with Gasteiger partial charge in [0.25, 0.3) is 10.0 Å². The fraction of sp³-hybridized carbons (Fsp3) is 0.0952. The third kappa shape index (κ3) is 4.97.